The fourth-order valence-electron chi connectivity index (χ4n) is 2.02. The van der Waals surface area contributed by atoms with Gasteiger partial charge in [-0.2, -0.15) is 0 Å². The molecule has 1 amide bonds. The van der Waals surface area contributed by atoms with E-state index >= 15 is 0 Å². The van der Waals surface area contributed by atoms with Gasteiger partial charge in [0, 0.05) is 31.2 Å². The molecule has 0 fully saturated rings. The van der Waals surface area contributed by atoms with Crippen LogP contribution in [0, 0.1) is 0 Å². The number of amides is 1. The number of carboxylic acids is 1. The molecule has 3 N–H and O–H groups in total. The van der Waals surface area contributed by atoms with Crippen molar-refractivity contribution in [3.05, 3.63) is 30.5 Å². The Hall–Kier alpha value is -2.34. The van der Waals surface area contributed by atoms with E-state index in [4.69, 9.17) is 10.8 Å². The van der Waals surface area contributed by atoms with Gasteiger partial charge in [-0.3, -0.25) is 4.79 Å². The van der Waals surface area contributed by atoms with E-state index in [-0.39, 0.29) is 0 Å². The maximum Gasteiger partial charge on any atom is 0.330 e. The molecule has 1 unspecified atom stereocenters. The van der Waals surface area contributed by atoms with E-state index < -0.39 is 17.9 Å². The lowest BCUT2D eigenvalue weighted by Crippen LogP contribution is -2.46. The highest BCUT2D eigenvalue weighted by atomic mass is 16.4. The molecule has 1 aromatic carbocycles. The zero-order valence-corrected chi connectivity index (χ0v) is 10.7. The Morgan fingerprint density at radius 3 is 2.63 bits per heavy atom. The number of hydrogen-bond acceptors (Lipinski definition) is 3. The first kappa shape index (κ1) is 13.1. The third kappa shape index (κ3) is 2.17. The Bertz CT molecular complexity index is 648. The van der Waals surface area contributed by atoms with E-state index in [0.29, 0.717) is 5.69 Å². The molecule has 0 bridgehead atoms. The molecule has 1 atom stereocenters. The molecular formula is C13H15N3O3. The minimum Gasteiger partial charge on any atom is -0.480 e. The van der Waals surface area contributed by atoms with Gasteiger partial charge in [0.25, 0.3) is 5.91 Å². The van der Waals surface area contributed by atoms with Crippen LogP contribution < -0.4 is 10.6 Å². The fourth-order valence-corrected chi connectivity index (χ4v) is 2.02. The van der Waals surface area contributed by atoms with Crippen LogP contribution >= 0.6 is 0 Å². The molecule has 0 aliphatic rings. The zero-order valence-electron chi connectivity index (χ0n) is 10.7. The van der Waals surface area contributed by atoms with Gasteiger partial charge in [-0.05, 0) is 6.07 Å². The first-order valence-electron chi connectivity index (χ1n) is 5.73. The normalized spacial score (nSPS) is 12.4. The molecular weight excluding hydrogens is 246 g/mol. The van der Waals surface area contributed by atoms with Crippen molar-refractivity contribution in [3.8, 4) is 0 Å². The standard InChI is InChI=1S/C13H15N3O3/c1-15-7-10(8-5-3-4-6-9(8)15)16(2)12(17)11(14)13(18)19/h3-7,11H,14H2,1-2H3,(H,18,19). The van der Waals surface area contributed by atoms with Crippen LogP contribution in [0.1, 0.15) is 0 Å². The molecule has 0 aliphatic carbocycles. The highest BCUT2D eigenvalue weighted by Gasteiger charge is 2.26. The average Bonchev–Trinajstić information content (AvgIpc) is 2.74. The number of fused-ring (bicyclic) bond motifs is 1. The lowest BCUT2D eigenvalue weighted by Gasteiger charge is -2.18. The number of nitrogens with zero attached hydrogens (tertiary/aromatic N) is 2. The molecule has 0 saturated heterocycles. The van der Waals surface area contributed by atoms with Gasteiger partial charge in [-0.15, -0.1) is 0 Å². The summed E-state index contributed by atoms with van der Waals surface area (Å²) < 4.78 is 1.88. The summed E-state index contributed by atoms with van der Waals surface area (Å²) in [6.07, 6.45) is 1.77. The van der Waals surface area contributed by atoms with Crippen LogP contribution in [0.4, 0.5) is 5.69 Å². The number of carboxylic acid groups (broad SMARTS) is 1. The van der Waals surface area contributed by atoms with Gasteiger partial charge in [-0.1, -0.05) is 18.2 Å². The van der Waals surface area contributed by atoms with Crippen molar-refractivity contribution in [2.45, 2.75) is 6.04 Å². The van der Waals surface area contributed by atoms with Crippen LogP contribution in [0.25, 0.3) is 10.9 Å². The van der Waals surface area contributed by atoms with Gasteiger partial charge in [0.05, 0.1) is 5.69 Å². The highest BCUT2D eigenvalue weighted by molar-refractivity contribution is 6.11. The van der Waals surface area contributed by atoms with Crippen LogP contribution in [-0.2, 0) is 16.6 Å². The first-order valence-corrected chi connectivity index (χ1v) is 5.73. The molecule has 6 nitrogen and oxygen atoms in total. The van der Waals surface area contributed by atoms with E-state index in [1.165, 1.54) is 11.9 Å². The smallest absolute Gasteiger partial charge is 0.330 e. The SMILES string of the molecule is CN(C(=O)C(N)C(=O)O)c1cn(C)c2ccccc12. The van der Waals surface area contributed by atoms with Gasteiger partial charge >= 0.3 is 5.97 Å². The maximum absolute atomic E-state index is 11.9. The van der Waals surface area contributed by atoms with Crippen LogP contribution in [0.5, 0.6) is 0 Å². The second-order valence-corrected chi connectivity index (χ2v) is 4.36. The number of anilines is 1. The first-order chi connectivity index (χ1) is 8.93. The fraction of sp³-hybridized carbons (Fsp3) is 0.231. The van der Waals surface area contributed by atoms with Crippen molar-refractivity contribution in [3.63, 3.8) is 0 Å². The number of likely N-dealkylation sites (N-methyl/N-ethyl adjacent to an activating group) is 1. The predicted molar refractivity (Wildman–Crippen MR) is 71.9 cm³/mol. The highest BCUT2D eigenvalue weighted by Crippen LogP contribution is 2.27. The average molecular weight is 261 g/mol. The summed E-state index contributed by atoms with van der Waals surface area (Å²) in [5, 5.41) is 9.66. The van der Waals surface area contributed by atoms with E-state index in [0.717, 1.165) is 10.9 Å². The van der Waals surface area contributed by atoms with Crippen molar-refractivity contribution in [1.82, 2.24) is 4.57 Å². The molecule has 2 aromatic rings. The van der Waals surface area contributed by atoms with E-state index in [9.17, 15) is 9.59 Å². The molecule has 0 saturated carbocycles. The third-order valence-electron chi connectivity index (χ3n) is 3.10. The van der Waals surface area contributed by atoms with Crippen LogP contribution in [0.2, 0.25) is 0 Å². The van der Waals surface area contributed by atoms with Gasteiger partial charge in [0.1, 0.15) is 0 Å². The van der Waals surface area contributed by atoms with Crippen molar-refractivity contribution < 1.29 is 14.7 Å². The molecule has 2 rings (SSSR count). The summed E-state index contributed by atoms with van der Waals surface area (Å²) in [4.78, 5) is 24.0. The quantitative estimate of drug-likeness (QED) is 0.790. The van der Waals surface area contributed by atoms with Crippen LogP contribution in [0.3, 0.4) is 0 Å². The Morgan fingerprint density at radius 1 is 1.37 bits per heavy atom. The minimum absolute atomic E-state index is 0.639. The lowest BCUT2D eigenvalue weighted by atomic mass is 10.2. The molecule has 100 valence electrons. The number of benzene rings is 1. The Labute approximate surface area is 110 Å². The second-order valence-electron chi connectivity index (χ2n) is 4.36. The Balaban J connectivity index is 2.45. The van der Waals surface area contributed by atoms with Gasteiger partial charge in [-0.25, -0.2) is 4.79 Å². The van der Waals surface area contributed by atoms with E-state index in [1.54, 1.807) is 6.20 Å². The summed E-state index contributed by atoms with van der Waals surface area (Å²) in [6.45, 7) is 0. The summed E-state index contributed by atoms with van der Waals surface area (Å²) in [7, 11) is 3.38. The van der Waals surface area contributed by atoms with Crippen molar-refractivity contribution in [1.29, 1.82) is 0 Å². The molecule has 0 aliphatic heterocycles. The monoisotopic (exact) mass is 261 g/mol. The molecule has 1 aromatic heterocycles. The van der Waals surface area contributed by atoms with Crippen molar-refractivity contribution in [2.75, 3.05) is 11.9 Å². The molecule has 0 radical (unpaired) electrons. The van der Waals surface area contributed by atoms with Gasteiger partial charge < -0.3 is 20.3 Å². The summed E-state index contributed by atoms with van der Waals surface area (Å²) >= 11 is 0. The Kier molecular flexibility index (Phi) is 3.26. The summed E-state index contributed by atoms with van der Waals surface area (Å²) in [5.41, 5.74) is 6.95. The maximum atomic E-state index is 11.9. The molecule has 1 heterocycles. The Morgan fingerprint density at radius 2 is 2.00 bits per heavy atom. The topological polar surface area (TPSA) is 88.6 Å². The second kappa shape index (κ2) is 4.74. The number of aliphatic carboxylic acids is 1. The number of nitrogens with two attached hydrogens (primary N) is 1. The summed E-state index contributed by atoms with van der Waals surface area (Å²) in [5.74, 6) is -1.99. The van der Waals surface area contributed by atoms with Crippen molar-refractivity contribution >= 4 is 28.5 Å². The van der Waals surface area contributed by atoms with Crippen LogP contribution in [-0.4, -0.2) is 34.6 Å². The summed E-state index contributed by atoms with van der Waals surface area (Å²) in [6, 6.07) is 6.01. The largest absolute Gasteiger partial charge is 0.480 e. The van der Waals surface area contributed by atoms with E-state index in [1.807, 2.05) is 35.9 Å². The zero-order chi connectivity index (χ0) is 14.2. The van der Waals surface area contributed by atoms with Crippen LogP contribution in [0.15, 0.2) is 30.5 Å². The number of para-hydroxylation sites is 1. The molecule has 19 heavy (non-hydrogen) atoms. The molecule has 6 heteroatoms. The van der Waals surface area contributed by atoms with E-state index in [2.05, 4.69) is 0 Å². The predicted octanol–water partition coefficient (Wildman–Crippen LogP) is 0.553. The molecule has 0 spiro atoms. The minimum atomic E-state index is -1.55. The number of carbonyl (C=O) groups is 2. The number of carbonyl (C=O) groups excluding carboxylic acids is 1. The number of aromatic nitrogens is 1. The van der Waals surface area contributed by atoms with Gasteiger partial charge in [0.15, 0.2) is 6.04 Å². The number of aryl methyl sites for hydroxylation is 1. The number of rotatable bonds is 3. The van der Waals surface area contributed by atoms with Crippen molar-refractivity contribution in [2.24, 2.45) is 12.8 Å². The number of hydrogen-bond donors (Lipinski definition) is 2. The lowest BCUT2D eigenvalue weighted by molar-refractivity contribution is -0.142. The van der Waals surface area contributed by atoms with Gasteiger partial charge in [0.2, 0.25) is 0 Å². The third-order valence-corrected chi connectivity index (χ3v) is 3.10.